The largest absolute Gasteiger partial charge is 0.244 e. The van der Waals surface area contributed by atoms with Crippen molar-refractivity contribution in [2.75, 3.05) is 12.8 Å². The van der Waals surface area contributed by atoms with Crippen LogP contribution in [-0.4, -0.2) is 31.6 Å². The lowest BCUT2D eigenvalue weighted by molar-refractivity contribution is 0.416. The van der Waals surface area contributed by atoms with Gasteiger partial charge in [-0.1, -0.05) is 41.5 Å². The topological polar surface area (TPSA) is 37.4 Å². The van der Waals surface area contributed by atoms with E-state index in [0.717, 1.165) is 5.56 Å². The smallest absolute Gasteiger partial charge is 0.207 e. The third kappa shape index (κ3) is 4.14. The van der Waals surface area contributed by atoms with Crippen molar-refractivity contribution in [2.24, 2.45) is 0 Å². The van der Waals surface area contributed by atoms with E-state index >= 15 is 0 Å². The summed E-state index contributed by atoms with van der Waals surface area (Å²) in [5.41, 5.74) is 1.02. The Bertz CT molecular complexity index is 610. The molecule has 1 aromatic carbocycles. The van der Waals surface area contributed by atoms with Gasteiger partial charge in [0.15, 0.2) is 0 Å². The molecule has 0 bridgehead atoms. The minimum atomic E-state index is -3.56. The van der Waals surface area contributed by atoms with E-state index in [9.17, 15) is 8.42 Å². The Labute approximate surface area is 126 Å². The highest BCUT2D eigenvalue weighted by Gasteiger charge is 2.27. The van der Waals surface area contributed by atoms with Gasteiger partial charge in [0.1, 0.15) is 0 Å². The summed E-state index contributed by atoms with van der Waals surface area (Å²) in [6.07, 6.45) is 3.43. The van der Waals surface area contributed by atoms with Crippen molar-refractivity contribution in [1.82, 2.24) is 4.31 Å². The fourth-order valence-electron chi connectivity index (χ4n) is 1.65. The molecule has 1 atom stereocenters. The van der Waals surface area contributed by atoms with Gasteiger partial charge in [-0.15, -0.1) is 6.58 Å². The van der Waals surface area contributed by atoms with Crippen LogP contribution in [0.5, 0.6) is 0 Å². The van der Waals surface area contributed by atoms with E-state index in [1.165, 1.54) is 16.1 Å². The van der Waals surface area contributed by atoms with Crippen LogP contribution in [0.4, 0.5) is 0 Å². The predicted molar refractivity (Wildman–Crippen MR) is 86.0 cm³/mol. The zero-order chi connectivity index (χ0) is 15.2. The summed E-state index contributed by atoms with van der Waals surface area (Å²) in [6.45, 7) is 7.56. The maximum absolute atomic E-state index is 12.6. The van der Waals surface area contributed by atoms with E-state index in [2.05, 4.69) is 17.8 Å². The second-order valence-corrected chi connectivity index (χ2v) is 6.81. The van der Waals surface area contributed by atoms with E-state index in [1.807, 2.05) is 13.2 Å². The number of thioether (sulfide) groups is 1. The molecule has 0 spiro atoms. The monoisotopic (exact) mass is 309 g/mol. The Balaban J connectivity index is 3.18. The van der Waals surface area contributed by atoms with Crippen molar-refractivity contribution >= 4 is 21.8 Å². The first-order valence-corrected chi connectivity index (χ1v) is 8.83. The lowest BCUT2D eigenvalue weighted by Crippen LogP contribution is -2.38. The molecule has 0 N–H and O–H groups in total. The average Bonchev–Trinajstić information content (AvgIpc) is 2.42. The summed E-state index contributed by atoms with van der Waals surface area (Å²) in [6, 6.07) is 6.42. The van der Waals surface area contributed by atoms with Crippen LogP contribution in [-0.2, 0) is 10.0 Å². The van der Waals surface area contributed by atoms with Crippen LogP contribution in [0.3, 0.4) is 0 Å². The summed E-state index contributed by atoms with van der Waals surface area (Å²) in [7, 11) is -3.56. The first-order chi connectivity index (χ1) is 9.43. The summed E-state index contributed by atoms with van der Waals surface area (Å²) in [5.74, 6) is 2.92. The highest BCUT2D eigenvalue weighted by Crippen LogP contribution is 2.18. The molecule has 0 radical (unpaired) electrons. The zero-order valence-corrected chi connectivity index (χ0v) is 13.6. The second-order valence-electron chi connectivity index (χ2n) is 4.30. The van der Waals surface area contributed by atoms with Gasteiger partial charge in [0.2, 0.25) is 10.0 Å². The summed E-state index contributed by atoms with van der Waals surface area (Å²) >= 11 is 1.37. The van der Waals surface area contributed by atoms with Gasteiger partial charge in [-0.3, -0.25) is 0 Å². The molecular formula is C15H19NO2S2. The molecule has 0 heterocycles. The maximum Gasteiger partial charge on any atom is 0.244 e. The van der Waals surface area contributed by atoms with Crippen LogP contribution in [0.1, 0.15) is 12.5 Å². The van der Waals surface area contributed by atoms with Gasteiger partial charge < -0.3 is 0 Å². The molecular weight excluding hydrogens is 290 g/mol. The standard InChI is InChI=1S/C15H19NO2S2/c1-5-11-16(14(3)10-12-19-4)20(17,18)15-8-6-13(2)7-9-15/h5-9,14H,1,11H2,2-4H3. The second kappa shape index (κ2) is 7.53. The quantitative estimate of drug-likeness (QED) is 0.620. The molecule has 20 heavy (non-hydrogen) atoms. The molecule has 1 aromatic rings. The number of hydrogen-bond donors (Lipinski definition) is 0. The van der Waals surface area contributed by atoms with Crippen molar-refractivity contribution in [3.8, 4) is 11.2 Å². The lowest BCUT2D eigenvalue weighted by Gasteiger charge is -2.23. The summed E-state index contributed by atoms with van der Waals surface area (Å²) < 4.78 is 26.6. The van der Waals surface area contributed by atoms with Crippen LogP contribution >= 0.6 is 11.8 Å². The Morgan fingerprint density at radius 1 is 1.40 bits per heavy atom. The van der Waals surface area contributed by atoms with Crippen molar-refractivity contribution < 1.29 is 8.42 Å². The van der Waals surface area contributed by atoms with Gasteiger partial charge in [0.25, 0.3) is 0 Å². The SMILES string of the molecule is C=CCN(C(C)C#CSC)S(=O)(=O)c1ccc(C)cc1. The summed E-state index contributed by atoms with van der Waals surface area (Å²) in [4.78, 5) is 0.280. The third-order valence-corrected chi connectivity index (χ3v) is 5.01. The molecule has 0 fully saturated rings. The van der Waals surface area contributed by atoms with Crippen LogP contribution in [0.15, 0.2) is 41.8 Å². The van der Waals surface area contributed by atoms with E-state index < -0.39 is 16.1 Å². The first kappa shape index (κ1) is 16.8. The number of nitrogens with zero attached hydrogens (tertiary/aromatic N) is 1. The van der Waals surface area contributed by atoms with Gasteiger partial charge in [0.05, 0.1) is 10.9 Å². The molecule has 1 unspecified atom stereocenters. The van der Waals surface area contributed by atoms with Crippen molar-refractivity contribution in [2.45, 2.75) is 24.8 Å². The molecule has 0 aliphatic carbocycles. The highest BCUT2D eigenvalue weighted by atomic mass is 32.2. The van der Waals surface area contributed by atoms with Crippen LogP contribution in [0.25, 0.3) is 0 Å². The molecule has 1 rings (SSSR count). The Morgan fingerprint density at radius 2 is 2.00 bits per heavy atom. The van der Waals surface area contributed by atoms with E-state index in [4.69, 9.17) is 0 Å². The molecule has 0 aliphatic heterocycles. The minimum absolute atomic E-state index is 0.237. The van der Waals surface area contributed by atoms with Crippen molar-refractivity contribution in [3.05, 3.63) is 42.5 Å². The van der Waals surface area contributed by atoms with Crippen molar-refractivity contribution in [1.29, 1.82) is 0 Å². The number of rotatable bonds is 5. The third-order valence-electron chi connectivity index (χ3n) is 2.74. The van der Waals surface area contributed by atoms with E-state index in [1.54, 1.807) is 37.3 Å². The molecule has 0 aromatic heterocycles. The number of aryl methyl sites for hydroxylation is 1. The molecule has 0 aliphatic rings. The molecule has 0 saturated carbocycles. The fourth-order valence-corrected chi connectivity index (χ4v) is 3.46. The Kier molecular flexibility index (Phi) is 6.34. The van der Waals surface area contributed by atoms with Crippen LogP contribution in [0, 0.1) is 18.1 Å². The normalized spacial score (nSPS) is 12.6. The Hall–Kier alpha value is -1.22. The fraction of sp³-hybridized carbons (Fsp3) is 0.333. The molecule has 108 valence electrons. The average molecular weight is 309 g/mol. The molecule has 0 amide bonds. The van der Waals surface area contributed by atoms with Crippen LogP contribution < -0.4 is 0 Å². The first-order valence-electron chi connectivity index (χ1n) is 6.16. The predicted octanol–water partition coefficient (Wildman–Crippen LogP) is 2.88. The number of benzene rings is 1. The molecule has 5 heteroatoms. The molecule has 3 nitrogen and oxygen atoms in total. The van der Waals surface area contributed by atoms with Crippen molar-refractivity contribution in [3.63, 3.8) is 0 Å². The van der Waals surface area contributed by atoms with E-state index in [-0.39, 0.29) is 11.4 Å². The lowest BCUT2D eigenvalue weighted by atomic mass is 10.2. The Morgan fingerprint density at radius 3 is 2.50 bits per heavy atom. The number of sulfonamides is 1. The van der Waals surface area contributed by atoms with E-state index in [0.29, 0.717) is 0 Å². The van der Waals surface area contributed by atoms with Crippen LogP contribution in [0.2, 0.25) is 0 Å². The number of hydrogen-bond acceptors (Lipinski definition) is 3. The maximum atomic E-state index is 12.6. The molecule has 0 saturated heterocycles. The highest BCUT2D eigenvalue weighted by molar-refractivity contribution is 8.03. The zero-order valence-electron chi connectivity index (χ0n) is 12.0. The van der Waals surface area contributed by atoms with Gasteiger partial charge in [-0.2, -0.15) is 4.31 Å². The summed E-state index contributed by atoms with van der Waals surface area (Å²) in [5, 5.41) is 2.85. The van der Waals surface area contributed by atoms with Gasteiger partial charge in [-0.25, -0.2) is 8.42 Å². The van der Waals surface area contributed by atoms with Gasteiger partial charge >= 0.3 is 0 Å². The minimum Gasteiger partial charge on any atom is -0.207 e. The van der Waals surface area contributed by atoms with Gasteiger partial charge in [-0.05, 0) is 37.5 Å². The van der Waals surface area contributed by atoms with Gasteiger partial charge in [0, 0.05) is 6.54 Å².